The van der Waals surface area contributed by atoms with Crippen LogP contribution in [0, 0.1) is 0 Å². The Bertz CT molecular complexity index is 157. The first-order valence-corrected chi connectivity index (χ1v) is 4.91. The molecule has 12 heavy (non-hydrogen) atoms. The molecule has 0 bridgehead atoms. The summed E-state index contributed by atoms with van der Waals surface area (Å²) in [4.78, 5) is 10.9. The molecule has 0 atom stereocenters. The highest BCUT2D eigenvalue weighted by Gasteiger charge is 2.25. The van der Waals surface area contributed by atoms with E-state index in [1.54, 1.807) is 6.92 Å². The molecule has 0 aromatic rings. The Morgan fingerprint density at radius 3 is 2.08 bits per heavy atom. The number of nitrogens with one attached hydrogen (secondary N) is 1. The summed E-state index contributed by atoms with van der Waals surface area (Å²) in [7, 11) is 0. The van der Waals surface area contributed by atoms with E-state index in [1.807, 2.05) is 0 Å². The number of hydrogen-bond donors (Lipinski definition) is 1. The molecule has 2 heteroatoms. The van der Waals surface area contributed by atoms with Crippen molar-refractivity contribution in [2.24, 2.45) is 0 Å². The predicted octanol–water partition coefficient (Wildman–Crippen LogP) is 2.24. The monoisotopic (exact) mass is 169 g/mol. The lowest BCUT2D eigenvalue weighted by Crippen LogP contribution is -2.44. The third-order valence-corrected chi connectivity index (χ3v) is 2.68. The van der Waals surface area contributed by atoms with Crippen molar-refractivity contribution in [1.82, 2.24) is 5.32 Å². The standard InChI is InChI=1S/C10H19NO/c1-9(12)11-10(2)7-5-3-4-6-8-10/h3-8H2,1-2H3,(H,11,12). The average molecular weight is 169 g/mol. The molecule has 1 saturated carbocycles. The maximum Gasteiger partial charge on any atom is 0.217 e. The fraction of sp³-hybridized carbons (Fsp3) is 0.900. The van der Waals surface area contributed by atoms with Crippen molar-refractivity contribution in [3.8, 4) is 0 Å². The van der Waals surface area contributed by atoms with Gasteiger partial charge in [0.05, 0.1) is 0 Å². The highest BCUT2D eigenvalue weighted by molar-refractivity contribution is 5.73. The number of hydrogen-bond acceptors (Lipinski definition) is 1. The minimum absolute atomic E-state index is 0.0856. The Kier molecular flexibility index (Phi) is 3.12. The first-order chi connectivity index (χ1) is 5.62. The summed E-state index contributed by atoms with van der Waals surface area (Å²) in [5.41, 5.74) is 0.0856. The highest BCUT2D eigenvalue weighted by Crippen LogP contribution is 2.26. The molecular formula is C10H19NO. The van der Waals surface area contributed by atoms with E-state index in [-0.39, 0.29) is 11.4 Å². The van der Waals surface area contributed by atoms with E-state index in [4.69, 9.17) is 0 Å². The molecule has 70 valence electrons. The van der Waals surface area contributed by atoms with Crippen molar-refractivity contribution in [2.75, 3.05) is 0 Å². The molecule has 0 radical (unpaired) electrons. The zero-order valence-corrected chi connectivity index (χ0v) is 8.15. The minimum atomic E-state index is 0.0856. The predicted molar refractivity (Wildman–Crippen MR) is 49.9 cm³/mol. The molecular weight excluding hydrogens is 150 g/mol. The topological polar surface area (TPSA) is 29.1 Å². The fourth-order valence-corrected chi connectivity index (χ4v) is 2.06. The quantitative estimate of drug-likeness (QED) is 0.599. The van der Waals surface area contributed by atoms with Crippen LogP contribution in [0.5, 0.6) is 0 Å². The van der Waals surface area contributed by atoms with Gasteiger partial charge in [-0.15, -0.1) is 0 Å². The molecule has 0 heterocycles. The normalized spacial score (nSPS) is 22.8. The summed E-state index contributed by atoms with van der Waals surface area (Å²) in [5.74, 6) is 0.111. The maximum absolute atomic E-state index is 10.9. The van der Waals surface area contributed by atoms with E-state index in [0.29, 0.717) is 0 Å². The molecule has 1 aliphatic rings. The Labute approximate surface area is 74.7 Å². The van der Waals surface area contributed by atoms with Crippen LogP contribution in [0.15, 0.2) is 0 Å². The van der Waals surface area contributed by atoms with Gasteiger partial charge in [-0.1, -0.05) is 25.7 Å². The zero-order valence-electron chi connectivity index (χ0n) is 8.15. The van der Waals surface area contributed by atoms with Crippen molar-refractivity contribution in [3.63, 3.8) is 0 Å². The average Bonchev–Trinajstić information content (AvgIpc) is 2.12. The van der Waals surface area contributed by atoms with E-state index in [9.17, 15) is 4.79 Å². The first kappa shape index (κ1) is 9.56. The molecule has 1 aliphatic carbocycles. The highest BCUT2D eigenvalue weighted by atomic mass is 16.1. The van der Waals surface area contributed by atoms with Crippen LogP contribution in [0.1, 0.15) is 52.4 Å². The van der Waals surface area contributed by atoms with Gasteiger partial charge in [-0.3, -0.25) is 4.79 Å². The Hall–Kier alpha value is -0.530. The third-order valence-electron chi connectivity index (χ3n) is 2.68. The first-order valence-electron chi connectivity index (χ1n) is 4.91. The van der Waals surface area contributed by atoms with E-state index < -0.39 is 0 Å². The molecule has 1 amide bonds. The van der Waals surface area contributed by atoms with Gasteiger partial charge in [-0.25, -0.2) is 0 Å². The molecule has 0 spiro atoms. The van der Waals surface area contributed by atoms with Gasteiger partial charge in [0.1, 0.15) is 0 Å². The summed E-state index contributed by atoms with van der Waals surface area (Å²) in [5, 5.41) is 3.06. The number of amides is 1. The van der Waals surface area contributed by atoms with Crippen molar-refractivity contribution in [1.29, 1.82) is 0 Å². The second kappa shape index (κ2) is 3.92. The second-order valence-electron chi connectivity index (χ2n) is 4.16. The van der Waals surface area contributed by atoms with E-state index in [2.05, 4.69) is 12.2 Å². The lowest BCUT2D eigenvalue weighted by molar-refractivity contribution is -0.120. The molecule has 0 aromatic carbocycles. The van der Waals surface area contributed by atoms with Crippen LogP contribution < -0.4 is 5.32 Å². The second-order valence-corrected chi connectivity index (χ2v) is 4.16. The SMILES string of the molecule is CC(=O)NC1(C)CCCCCC1. The Morgan fingerprint density at radius 1 is 1.17 bits per heavy atom. The maximum atomic E-state index is 10.9. The van der Waals surface area contributed by atoms with Crippen LogP contribution in [-0.4, -0.2) is 11.4 Å². The van der Waals surface area contributed by atoms with Gasteiger partial charge < -0.3 is 5.32 Å². The molecule has 0 aromatic heterocycles. The molecule has 1 rings (SSSR count). The number of carbonyl (C=O) groups excluding carboxylic acids is 1. The third kappa shape index (κ3) is 2.84. The van der Waals surface area contributed by atoms with Crippen LogP contribution in [-0.2, 0) is 4.79 Å². The molecule has 2 nitrogen and oxygen atoms in total. The van der Waals surface area contributed by atoms with Crippen LogP contribution in [0.4, 0.5) is 0 Å². The van der Waals surface area contributed by atoms with Crippen LogP contribution in [0.2, 0.25) is 0 Å². The van der Waals surface area contributed by atoms with E-state index >= 15 is 0 Å². The summed E-state index contributed by atoms with van der Waals surface area (Å²) in [6.07, 6.45) is 7.47. The van der Waals surface area contributed by atoms with Crippen molar-refractivity contribution in [2.45, 2.75) is 57.9 Å². The molecule has 0 saturated heterocycles. The van der Waals surface area contributed by atoms with Crippen molar-refractivity contribution < 1.29 is 4.79 Å². The number of carbonyl (C=O) groups is 1. The fourth-order valence-electron chi connectivity index (χ4n) is 2.06. The van der Waals surface area contributed by atoms with Gasteiger partial charge in [-0.2, -0.15) is 0 Å². The smallest absolute Gasteiger partial charge is 0.217 e. The summed E-state index contributed by atoms with van der Waals surface area (Å²) < 4.78 is 0. The van der Waals surface area contributed by atoms with Gasteiger partial charge in [0.25, 0.3) is 0 Å². The van der Waals surface area contributed by atoms with Crippen LogP contribution >= 0.6 is 0 Å². The Morgan fingerprint density at radius 2 is 1.67 bits per heavy atom. The van der Waals surface area contributed by atoms with Gasteiger partial charge in [0.15, 0.2) is 0 Å². The molecule has 1 fully saturated rings. The minimum Gasteiger partial charge on any atom is -0.351 e. The van der Waals surface area contributed by atoms with Gasteiger partial charge in [0, 0.05) is 12.5 Å². The zero-order chi connectivity index (χ0) is 9.03. The number of rotatable bonds is 1. The molecule has 1 N–H and O–H groups in total. The summed E-state index contributed by atoms with van der Waals surface area (Å²) in [6.45, 7) is 3.77. The van der Waals surface area contributed by atoms with E-state index in [1.165, 1.54) is 25.7 Å². The summed E-state index contributed by atoms with van der Waals surface area (Å²) in [6, 6.07) is 0. The van der Waals surface area contributed by atoms with Crippen molar-refractivity contribution >= 4 is 5.91 Å². The molecule has 0 unspecified atom stereocenters. The lowest BCUT2D eigenvalue weighted by atomic mass is 9.93. The van der Waals surface area contributed by atoms with Gasteiger partial charge >= 0.3 is 0 Å². The summed E-state index contributed by atoms with van der Waals surface area (Å²) >= 11 is 0. The van der Waals surface area contributed by atoms with Gasteiger partial charge in [-0.05, 0) is 19.8 Å². The Balaban J connectivity index is 2.48. The molecule has 0 aliphatic heterocycles. The lowest BCUT2D eigenvalue weighted by Gasteiger charge is -2.28. The van der Waals surface area contributed by atoms with Gasteiger partial charge in [0.2, 0.25) is 5.91 Å². The largest absolute Gasteiger partial charge is 0.351 e. The van der Waals surface area contributed by atoms with Crippen LogP contribution in [0.25, 0.3) is 0 Å². The van der Waals surface area contributed by atoms with Crippen LogP contribution in [0.3, 0.4) is 0 Å². The van der Waals surface area contributed by atoms with E-state index in [0.717, 1.165) is 12.8 Å². The van der Waals surface area contributed by atoms with Crippen molar-refractivity contribution in [3.05, 3.63) is 0 Å².